The Morgan fingerprint density at radius 1 is 1.22 bits per heavy atom. The maximum Gasteiger partial charge on any atom is 0.245 e. The van der Waals surface area contributed by atoms with Crippen LogP contribution in [0.5, 0.6) is 5.88 Å². The molecular weight excluding hydrogens is 296 g/mol. The number of carbonyl (C=O) groups is 1. The van der Waals surface area contributed by atoms with E-state index in [2.05, 4.69) is 31.4 Å². The van der Waals surface area contributed by atoms with Crippen LogP contribution in [0.25, 0.3) is 0 Å². The molecule has 0 saturated carbocycles. The molecule has 0 spiro atoms. The largest absolute Gasteiger partial charge is 0.477 e. The Balaban J connectivity index is 1.79. The van der Waals surface area contributed by atoms with Crippen LogP contribution in [0.15, 0.2) is 41.4 Å². The molecule has 23 heavy (non-hydrogen) atoms. The van der Waals surface area contributed by atoms with Gasteiger partial charge in [0, 0.05) is 6.07 Å². The molecule has 1 aromatic heterocycles. The molecule has 3 rings (SSSR count). The zero-order chi connectivity index (χ0) is 16.1. The van der Waals surface area contributed by atoms with Gasteiger partial charge in [0.1, 0.15) is 5.84 Å². The Morgan fingerprint density at radius 2 is 2.09 bits per heavy atom. The van der Waals surface area contributed by atoms with E-state index in [1.54, 1.807) is 12.1 Å². The number of hydrazine groups is 1. The van der Waals surface area contributed by atoms with Gasteiger partial charge in [0.25, 0.3) is 0 Å². The zero-order valence-electron chi connectivity index (χ0n) is 12.5. The monoisotopic (exact) mass is 312 g/mol. The second-order valence-corrected chi connectivity index (χ2v) is 4.74. The molecular formula is C15H16N6O2. The van der Waals surface area contributed by atoms with Crippen LogP contribution >= 0.6 is 0 Å². The summed E-state index contributed by atoms with van der Waals surface area (Å²) in [7, 11) is 0. The van der Waals surface area contributed by atoms with Crippen molar-refractivity contribution in [1.82, 2.24) is 21.0 Å². The van der Waals surface area contributed by atoms with Gasteiger partial charge in [-0.3, -0.25) is 15.6 Å². The SMILES string of the molecule is CCOc1ccc(Nc2ccccc2N=C2CC(=O)NN2)nn1. The van der Waals surface area contributed by atoms with Crippen molar-refractivity contribution in [3.8, 4) is 5.88 Å². The standard InChI is InChI=1S/C15H16N6O2/c1-2-23-15-8-7-12(18-21-15)16-10-5-3-4-6-11(10)17-13-9-14(22)20-19-13/h3-8H,2,9H2,1H3,(H,16,18)(H,17,19)(H,20,22). The summed E-state index contributed by atoms with van der Waals surface area (Å²) in [5.41, 5.74) is 6.71. The molecule has 1 aromatic carbocycles. The summed E-state index contributed by atoms with van der Waals surface area (Å²) in [4.78, 5) is 15.6. The van der Waals surface area contributed by atoms with Gasteiger partial charge in [0.15, 0.2) is 5.82 Å². The van der Waals surface area contributed by atoms with Crippen molar-refractivity contribution in [3.05, 3.63) is 36.4 Å². The van der Waals surface area contributed by atoms with Crippen molar-refractivity contribution in [2.75, 3.05) is 11.9 Å². The van der Waals surface area contributed by atoms with Gasteiger partial charge >= 0.3 is 0 Å². The second-order valence-electron chi connectivity index (χ2n) is 4.74. The summed E-state index contributed by atoms with van der Waals surface area (Å²) in [6.45, 7) is 2.43. The highest BCUT2D eigenvalue weighted by molar-refractivity contribution is 6.06. The number of anilines is 2. The van der Waals surface area contributed by atoms with E-state index in [4.69, 9.17) is 4.74 Å². The van der Waals surface area contributed by atoms with Gasteiger partial charge in [0.05, 0.1) is 24.4 Å². The summed E-state index contributed by atoms with van der Waals surface area (Å²) < 4.78 is 5.26. The van der Waals surface area contributed by atoms with Crippen molar-refractivity contribution in [2.24, 2.45) is 4.99 Å². The Bertz CT molecular complexity index is 729. The molecule has 1 amide bonds. The minimum Gasteiger partial charge on any atom is -0.477 e. The normalized spacial score (nSPS) is 15.2. The lowest BCUT2D eigenvalue weighted by Gasteiger charge is -2.09. The summed E-state index contributed by atoms with van der Waals surface area (Å²) in [5, 5.41) is 11.2. The minimum atomic E-state index is -0.105. The van der Waals surface area contributed by atoms with Crippen LogP contribution in [-0.2, 0) is 4.79 Å². The molecule has 8 nitrogen and oxygen atoms in total. The maximum absolute atomic E-state index is 11.2. The van der Waals surface area contributed by atoms with Gasteiger partial charge < -0.3 is 10.1 Å². The predicted octanol–water partition coefficient (Wildman–Crippen LogP) is 1.67. The molecule has 0 bridgehead atoms. The fourth-order valence-corrected chi connectivity index (χ4v) is 2.02. The number of para-hydroxylation sites is 2. The van der Waals surface area contributed by atoms with Crippen molar-refractivity contribution in [1.29, 1.82) is 0 Å². The Hall–Kier alpha value is -3.16. The topological polar surface area (TPSA) is 101 Å². The number of aromatic nitrogens is 2. The highest BCUT2D eigenvalue weighted by atomic mass is 16.5. The average molecular weight is 312 g/mol. The number of amidine groups is 1. The smallest absolute Gasteiger partial charge is 0.245 e. The van der Waals surface area contributed by atoms with Gasteiger partial charge in [-0.15, -0.1) is 10.2 Å². The lowest BCUT2D eigenvalue weighted by atomic mass is 10.2. The number of benzene rings is 1. The number of rotatable bonds is 5. The van der Waals surface area contributed by atoms with Crippen LogP contribution in [0.4, 0.5) is 17.2 Å². The van der Waals surface area contributed by atoms with E-state index in [0.717, 1.165) is 5.69 Å². The molecule has 2 aromatic rings. The number of amides is 1. The first-order valence-electron chi connectivity index (χ1n) is 7.19. The Morgan fingerprint density at radius 3 is 2.78 bits per heavy atom. The summed E-state index contributed by atoms with van der Waals surface area (Å²) in [6, 6.07) is 11.0. The Labute approximate surface area is 133 Å². The van der Waals surface area contributed by atoms with Crippen LogP contribution in [0.1, 0.15) is 13.3 Å². The molecule has 8 heteroatoms. The average Bonchev–Trinajstić information content (AvgIpc) is 2.96. The first kappa shape index (κ1) is 14.8. The lowest BCUT2D eigenvalue weighted by Crippen LogP contribution is -2.28. The molecule has 0 radical (unpaired) electrons. The van der Waals surface area contributed by atoms with E-state index >= 15 is 0 Å². The predicted molar refractivity (Wildman–Crippen MR) is 85.9 cm³/mol. The van der Waals surface area contributed by atoms with Crippen molar-refractivity contribution >= 4 is 28.9 Å². The van der Waals surface area contributed by atoms with Gasteiger partial charge in [-0.2, -0.15) is 0 Å². The summed E-state index contributed by atoms with van der Waals surface area (Å²) in [6.07, 6.45) is 0.233. The fraction of sp³-hybridized carbons (Fsp3) is 0.200. The third kappa shape index (κ3) is 3.73. The van der Waals surface area contributed by atoms with E-state index in [-0.39, 0.29) is 12.3 Å². The minimum absolute atomic E-state index is 0.105. The van der Waals surface area contributed by atoms with Crippen molar-refractivity contribution in [3.63, 3.8) is 0 Å². The van der Waals surface area contributed by atoms with E-state index in [1.807, 2.05) is 31.2 Å². The number of hydrogen-bond acceptors (Lipinski definition) is 6. The van der Waals surface area contributed by atoms with Crippen molar-refractivity contribution < 1.29 is 9.53 Å². The van der Waals surface area contributed by atoms with Gasteiger partial charge in [-0.1, -0.05) is 12.1 Å². The van der Waals surface area contributed by atoms with E-state index in [1.165, 1.54) is 0 Å². The lowest BCUT2D eigenvalue weighted by molar-refractivity contribution is -0.119. The highest BCUT2D eigenvalue weighted by Crippen LogP contribution is 2.27. The number of ether oxygens (including phenoxy) is 1. The molecule has 118 valence electrons. The molecule has 1 fully saturated rings. The summed E-state index contributed by atoms with van der Waals surface area (Å²) in [5.74, 6) is 1.52. The van der Waals surface area contributed by atoms with E-state index in [9.17, 15) is 4.79 Å². The molecule has 0 unspecified atom stereocenters. The first-order valence-corrected chi connectivity index (χ1v) is 7.19. The zero-order valence-corrected chi connectivity index (χ0v) is 12.5. The maximum atomic E-state index is 11.2. The number of aliphatic imine (C=N–C) groups is 1. The number of nitrogens with zero attached hydrogens (tertiary/aromatic N) is 3. The van der Waals surface area contributed by atoms with E-state index in [0.29, 0.717) is 29.8 Å². The first-order chi connectivity index (χ1) is 11.2. The van der Waals surface area contributed by atoms with Crippen LogP contribution in [0, 0.1) is 0 Å². The number of carbonyl (C=O) groups excluding carboxylic acids is 1. The molecule has 0 aliphatic carbocycles. The fourth-order valence-electron chi connectivity index (χ4n) is 2.02. The third-order valence-corrected chi connectivity index (χ3v) is 3.03. The molecule has 3 N–H and O–H groups in total. The quantitative estimate of drug-likeness (QED) is 0.776. The van der Waals surface area contributed by atoms with Crippen LogP contribution in [0.3, 0.4) is 0 Å². The van der Waals surface area contributed by atoms with Crippen LogP contribution in [-0.4, -0.2) is 28.5 Å². The third-order valence-electron chi connectivity index (χ3n) is 3.03. The molecule has 0 atom stereocenters. The van der Waals surface area contributed by atoms with Crippen molar-refractivity contribution in [2.45, 2.75) is 13.3 Å². The van der Waals surface area contributed by atoms with Gasteiger partial charge in [-0.05, 0) is 25.1 Å². The van der Waals surface area contributed by atoms with Crippen LogP contribution < -0.4 is 20.9 Å². The molecule has 2 heterocycles. The van der Waals surface area contributed by atoms with Gasteiger partial charge in [0.2, 0.25) is 11.8 Å². The van der Waals surface area contributed by atoms with Crippen LogP contribution in [0.2, 0.25) is 0 Å². The molecule has 1 aliphatic rings. The number of nitrogens with one attached hydrogen (secondary N) is 3. The number of hydrogen-bond donors (Lipinski definition) is 3. The second kappa shape index (κ2) is 6.73. The Kier molecular flexibility index (Phi) is 4.32. The molecule has 1 aliphatic heterocycles. The van der Waals surface area contributed by atoms with Gasteiger partial charge in [-0.25, -0.2) is 4.99 Å². The highest BCUT2D eigenvalue weighted by Gasteiger charge is 2.15. The van der Waals surface area contributed by atoms with E-state index < -0.39 is 0 Å². The molecule has 1 saturated heterocycles. The summed E-state index contributed by atoms with van der Waals surface area (Å²) >= 11 is 0.